The third kappa shape index (κ3) is 5.88. The topological polar surface area (TPSA) is 62.3 Å². The number of nitrogens with one attached hydrogen (secondary N) is 1. The number of amides is 2. The van der Waals surface area contributed by atoms with Crippen molar-refractivity contribution in [3.63, 3.8) is 0 Å². The van der Waals surface area contributed by atoms with Crippen molar-refractivity contribution in [2.75, 3.05) is 18.4 Å². The second-order valence-electron chi connectivity index (χ2n) is 4.47. The molecule has 0 aliphatic carbocycles. The van der Waals surface area contributed by atoms with Gasteiger partial charge in [-0.15, -0.1) is 22.9 Å². The van der Waals surface area contributed by atoms with Crippen molar-refractivity contribution in [2.45, 2.75) is 38.5 Å². The van der Waals surface area contributed by atoms with Crippen molar-refractivity contribution in [1.82, 2.24) is 9.88 Å². The van der Waals surface area contributed by atoms with E-state index in [1.165, 1.54) is 16.2 Å². The number of anilines is 1. The van der Waals surface area contributed by atoms with Crippen LogP contribution >= 0.6 is 22.9 Å². The summed E-state index contributed by atoms with van der Waals surface area (Å²) >= 11 is 7.17. The Hall–Kier alpha value is -1.14. The summed E-state index contributed by atoms with van der Waals surface area (Å²) < 4.78 is 0. The molecule has 0 fully saturated rings. The Labute approximate surface area is 128 Å². The highest BCUT2D eigenvalue weighted by Gasteiger charge is 2.21. The number of unbranched alkanes of at least 4 members (excludes halogenated alkanes) is 2. The number of alkyl halides is 1. The molecule has 1 rings (SSSR count). The maximum absolute atomic E-state index is 12.0. The first-order valence-electron chi connectivity index (χ1n) is 6.66. The van der Waals surface area contributed by atoms with Crippen molar-refractivity contribution < 1.29 is 9.59 Å². The van der Waals surface area contributed by atoms with Gasteiger partial charge in [-0.1, -0.05) is 19.8 Å². The summed E-state index contributed by atoms with van der Waals surface area (Å²) in [5.74, 6) is -0.459. The van der Waals surface area contributed by atoms with Crippen LogP contribution in [0.5, 0.6) is 0 Å². The van der Waals surface area contributed by atoms with Crippen LogP contribution < -0.4 is 5.32 Å². The van der Waals surface area contributed by atoms with E-state index in [4.69, 9.17) is 11.6 Å². The van der Waals surface area contributed by atoms with Crippen LogP contribution in [0, 0.1) is 0 Å². The summed E-state index contributed by atoms with van der Waals surface area (Å²) in [6.07, 6.45) is 4.57. The molecule has 0 aliphatic rings. The normalized spacial score (nSPS) is 11.9. The zero-order valence-electron chi connectivity index (χ0n) is 11.8. The lowest BCUT2D eigenvalue weighted by Gasteiger charge is -2.23. The molecule has 0 saturated carbocycles. The van der Waals surface area contributed by atoms with E-state index in [9.17, 15) is 9.59 Å². The molecule has 1 heterocycles. The third-order valence-corrected chi connectivity index (χ3v) is 3.57. The molecule has 1 unspecified atom stereocenters. The Morgan fingerprint density at radius 2 is 2.25 bits per heavy atom. The highest BCUT2D eigenvalue weighted by molar-refractivity contribution is 7.13. The molecule has 20 heavy (non-hydrogen) atoms. The van der Waals surface area contributed by atoms with E-state index < -0.39 is 5.38 Å². The van der Waals surface area contributed by atoms with E-state index in [0.717, 1.165) is 19.3 Å². The van der Waals surface area contributed by atoms with Gasteiger partial charge in [0.05, 0.1) is 6.54 Å². The number of halogens is 1. The Balaban J connectivity index is 2.53. The molecule has 1 atom stereocenters. The number of aromatic nitrogens is 1. The lowest BCUT2D eigenvalue weighted by Crippen LogP contribution is -2.41. The maximum Gasteiger partial charge on any atom is 0.245 e. The zero-order valence-corrected chi connectivity index (χ0v) is 13.3. The first-order chi connectivity index (χ1) is 9.54. The lowest BCUT2D eigenvalue weighted by molar-refractivity contribution is -0.134. The average Bonchev–Trinajstić information content (AvgIpc) is 2.89. The number of carbonyl (C=O) groups excluding carboxylic acids is 2. The minimum absolute atomic E-state index is 0.0131. The number of rotatable bonds is 8. The van der Waals surface area contributed by atoms with E-state index in [0.29, 0.717) is 11.7 Å². The quantitative estimate of drug-likeness (QED) is 0.592. The van der Waals surface area contributed by atoms with E-state index in [-0.39, 0.29) is 18.4 Å². The summed E-state index contributed by atoms with van der Waals surface area (Å²) in [4.78, 5) is 29.4. The summed E-state index contributed by atoms with van der Waals surface area (Å²) in [6, 6.07) is 0. The number of nitrogens with zero attached hydrogens (tertiary/aromatic N) is 2. The Morgan fingerprint density at radius 3 is 2.80 bits per heavy atom. The fourth-order valence-corrected chi connectivity index (χ4v) is 2.37. The smallest absolute Gasteiger partial charge is 0.245 e. The molecule has 0 radical (unpaired) electrons. The first kappa shape index (κ1) is 16.9. The number of hydrogen-bond donors (Lipinski definition) is 1. The molecule has 5 nitrogen and oxygen atoms in total. The van der Waals surface area contributed by atoms with Crippen LogP contribution in [0.2, 0.25) is 0 Å². The van der Waals surface area contributed by atoms with Crippen molar-refractivity contribution >= 4 is 39.9 Å². The van der Waals surface area contributed by atoms with Gasteiger partial charge in [0, 0.05) is 18.1 Å². The van der Waals surface area contributed by atoms with E-state index >= 15 is 0 Å². The molecule has 7 heteroatoms. The van der Waals surface area contributed by atoms with Gasteiger partial charge in [0.15, 0.2) is 5.13 Å². The monoisotopic (exact) mass is 317 g/mol. The molecule has 112 valence electrons. The van der Waals surface area contributed by atoms with Crippen molar-refractivity contribution in [1.29, 1.82) is 0 Å². The molecule has 0 bridgehead atoms. The number of carbonyl (C=O) groups is 2. The van der Waals surface area contributed by atoms with Gasteiger partial charge < -0.3 is 10.2 Å². The molecule has 0 aromatic carbocycles. The predicted molar refractivity (Wildman–Crippen MR) is 82.2 cm³/mol. The van der Waals surface area contributed by atoms with Gasteiger partial charge in [0.1, 0.15) is 5.38 Å². The van der Waals surface area contributed by atoms with Crippen LogP contribution in [0.3, 0.4) is 0 Å². The number of thiazole rings is 1. The van der Waals surface area contributed by atoms with Gasteiger partial charge in [-0.05, 0) is 13.3 Å². The Morgan fingerprint density at radius 1 is 1.50 bits per heavy atom. The molecular weight excluding hydrogens is 298 g/mol. The Kier molecular flexibility index (Phi) is 7.54. The van der Waals surface area contributed by atoms with Crippen LogP contribution in [-0.4, -0.2) is 40.2 Å². The van der Waals surface area contributed by atoms with Gasteiger partial charge in [-0.25, -0.2) is 4.98 Å². The molecular formula is C13H20ClN3O2S. The zero-order chi connectivity index (χ0) is 15.0. The molecule has 1 aromatic rings. The van der Waals surface area contributed by atoms with Gasteiger partial charge in [0.25, 0.3) is 0 Å². The summed E-state index contributed by atoms with van der Waals surface area (Å²) in [7, 11) is 0. The highest BCUT2D eigenvalue weighted by Crippen LogP contribution is 2.11. The van der Waals surface area contributed by atoms with Crippen molar-refractivity contribution in [3.05, 3.63) is 11.6 Å². The van der Waals surface area contributed by atoms with E-state index in [1.54, 1.807) is 18.5 Å². The molecule has 0 saturated heterocycles. The standard InChI is InChI=1S/C13H20ClN3O2S/c1-3-4-5-7-17(12(19)10(2)14)9-11(18)16-13-15-6-8-20-13/h6,8,10H,3-5,7,9H2,1-2H3,(H,15,16,18). The first-order valence-corrected chi connectivity index (χ1v) is 7.98. The van der Waals surface area contributed by atoms with Gasteiger partial charge >= 0.3 is 0 Å². The lowest BCUT2D eigenvalue weighted by atomic mass is 10.2. The molecule has 1 aromatic heterocycles. The molecule has 0 spiro atoms. The summed E-state index contributed by atoms with van der Waals surface area (Å²) in [5.41, 5.74) is 0. The number of hydrogen-bond acceptors (Lipinski definition) is 4. The van der Waals surface area contributed by atoms with Crippen LogP contribution in [0.15, 0.2) is 11.6 Å². The van der Waals surface area contributed by atoms with E-state index in [2.05, 4.69) is 17.2 Å². The predicted octanol–water partition coefficient (Wildman–Crippen LogP) is 2.73. The Bertz CT molecular complexity index is 423. The highest BCUT2D eigenvalue weighted by atomic mass is 35.5. The van der Waals surface area contributed by atoms with Gasteiger partial charge in [-0.2, -0.15) is 0 Å². The molecule has 2 amide bonds. The summed E-state index contributed by atoms with van der Waals surface area (Å²) in [6.45, 7) is 4.27. The molecule has 1 N–H and O–H groups in total. The van der Waals surface area contributed by atoms with E-state index in [1.807, 2.05) is 0 Å². The average molecular weight is 318 g/mol. The fourth-order valence-electron chi connectivity index (χ4n) is 1.69. The largest absolute Gasteiger partial charge is 0.332 e. The molecule has 0 aliphatic heterocycles. The van der Waals surface area contributed by atoms with Crippen LogP contribution in [0.4, 0.5) is 5.13 Å². The van der Waals surface area contributed by atoms with Gasteiger partial charge in [0.2, 0.25) is 11.8 Å². The van der Waals surface area contributed by atoms with Gasteiger partial charge in [-0.3, -0.25) is 9.59 Å². The second kappa shape index (κ2) is 8.92. The van der Waals surface area contributed by atoms with Crippen molar-refractivity contribution in [3.8, 4) is 0 Å². The SMILES string of the molecule is CCCCCN(CC(=O)Nc1nccs1)C(=O)C(C)Cl. The fraction of sp³-hybridized carbons (Fsp3) is 0.615. The summed E-state index contributed by atoms with van der Waals surface area (Å²) in [5, 5.41) is 4.36. The van der Waals surface area contributed by atoms with Crippen LogP contribution in [0.25, 0.3) is 0 Å². The second-order valence-corrected chi connectivity index (χ2v) is 6.02. The van der Waals surface area contributed by atoms with Crippen molar-refractivity contribution in [2.24, 2.45) is 0 Å². The minimum Gasteiger partial charge on any atom is -0.332 e. The maximum atomic E-state index is 12.0. The minimum atomic E-state index is -0.621. The van der Waals surface area contributed by atoms with Crippen LogP contribution in [0.1, 0.15) is 33.1 Å². The third-order valence-electron chi connectivity index (χ3n) is 2.70. The van der Waals surface area contributed by atoms with Crippen LogP contribution in [-0.2, 0) is 9.59 Å².